The molecule has 2 heteroatoms. The van der Waals surface area contributed by atoms with Crippen LogP contribution in [0.5, 0.6) is 0 Å². The molecule has 162 valence electrons. The third kappa shape index (κ3) is 3.27. The summed E-state index contributed by atoms with van der Waals surface area (Å²) in [6.07, 6.45) is 19.6. The van der Waals surface area contributed by atoms with Crippen molar-refractivity contribution >= 4 is 5.78 Å². The second kappa shape index (κ2) is 7.50. The predicted molar refractivity (Wildman–Crippen MR) is 117 cm³/mol. The zero-order valence-electron chi connectivity index (χ0n) is 18.8. The molecule has 0 heterocycles. The summed E-state index contributed by atoms with van der Waals surface area (Å²) in [5, 5.41) is 11.3. The molecule has 0 amide bonds. The van der Waals surface area contributed by atoms with E-state index in [1.165, 1.54) is 57.8 Å². The Labute approximate surface area is 177 Å². The quantitative estimate of drug-likeness (QED) is 0.542. The van der Waals surface area contributed by atoms with Crippen molar-refractivity contribution in [3.8, 4) is 0 Å². The lowest BCUT2D eigenvalue weighted by Gasteiger charge is -2.61. The van der Waals surface area contributed by atoms with Gasteiger partial charge in [-0.2, -0.15) is 0 Å². The van der Waals surface area contributed by atoms with Gasteiger partial charge in [0.15, 0.2) is 0 Å². The van der Waals surface area contributed by atoms with Crippen molar-refractivity contribution in [1.29, 1.82) is 0 Å². The van der Waals surface area contributed by atoms with Crippen LogP contribution in [0.15, 0.2) is 11.6 Å². The van der Waals surface area contributed by atoms with Crippen molar-refractivity contribution in [2.45, 2.75) is 110 Å². The molecule has 0 aromatic carbocycles. The van der Waals surface area contributed by atoms with Gasteiger partial charge < -0.3 is 5.11 Å². The van der Waals surface area contributed by atoms with Crippen molar-refractivity contribution in [2.24, 2.45) is 40.4 Å². The maximum atomic E-state index is 12.6. The Kier molecular flexibility index (Phi) is 5.25. The Morgan fingerprint density at radius 1 is 0.966 bits per heavy atom. The molecule has 0 saturated heterocycles. The highest BCUT2D eigenvalue weighted by Gasteiger charge is 2.61. The van der Waals surface area contributed by atoms with Gasteiger partial charge >= 0.3 is 0 Å². The van der Waals surface area contributed by atoms with Gasteiger partial charge in [-0.3, -0.25) is 4.79 Å². The second-order valence-corrected chi connectivity index (χ2v) is 12.0. The molecule has 0 radical (unpaired) electrons. The zero-order valence-corrected chi connectivity index (χ0v) is 18.8. The molecule has 5 unspecified atom stereocenters. The molecule has 0 aromatic rings. The van der Waals surface area contributed by atoms with Gasteiger partial charge in [-0.05, 0) is 86.4 Å². The van der Waals surface area contributed by atoms with Gasteiger partial charge in [-0.25, -0.2) is 0 Å². The van der Waals surface area contributed by atoms with Gasteiger partial charge in [-0.15, -0.1) is 0 Å². The van der Waals surface area contributed by atoms with Crippen molar-refractivity contribution in [2.75, 3.05) is 0 Å². The fourth-order valence-electron chi connectivity index (χ4n) is 8.86. The van der Waals surface area contributed by atoms with Crippen LogP contribution in [0.4, 0.5) is 0 Å². The SMILES string of the molecule is C[C@]12CC/C(=C\CC3CCCCC3)CC1C(O)CC1C2CC[C@]2(C)C(=O)CCC12. The molecule has 1 N–H and O–H groups in total. The maximum Gasteiger partial charge on any atom is 0.139 e. The molecule has 5 aliphatic rings. The Hall–Kier alpha value is -0.630. The van der Waals surface area contributed by atoms with E-state index in [1.54, 1.807) is 5.57 Å². The molecule has 0 bridgehead atoms. The molecule has 29 heavy (non-hydrogen) atoms. The average Bonchev–Trinajstić information content (AvgIpc) is 3.03. The summed E-state index contributed by atoms with van der Waals surface area (Å²) in [5.41, 5.74) is 1.84. The number of hydrogen-bond acceptors (Lipinski definition) is 2. The molecule has 5 saturated carbocycles. The number of carbonyl (C=O) groups is 1. The van der Waals surface area contributed by atoms with Gasteiger partial charge in [-0.1, -0.05) is 57.6 Å². The number of allylic oxidation sites excluding steroid dienone is 2. The lowest BCUT2D eigenvalue weighted by Crippen LogP contribution is -2.57. The van der Waals surface area contributed by atoms with E-state index in [-0.39, 0.29) is 16.9 Å². The summed E-state index contributed by atoms with van der Waals surface area (Å²) < 4.78 is 0. The Bertz CT molecular complexity index is 674. The standard InChI is InChI=1S/C27H42O2/c1-26-14-12-19(9-8-18-6-4-3-5-7-18)16-23(26)24(28)17-20-21-10-11-25(29)27(21,2)15-13-22(20)26/h9,18,20-24,28H,3-8,10-17H2,1-2H3/b19-9+/t20?,21?,22?,23?,24?,26-,27+/m1/s1. The minimum absolute atomic E-state index is 0.0796. The first-order chi connectivity index (χ1) is 13.9. The largest absolute Gasteiger partial charge is 0.393 e. The molecular formula is C27H42O2. The third-order valence-corrected chi connectivity index (χ3v) is 10.7. The highest BCUT2D eigenvalue weighted by molar-refractivity contribution is 5.87. The number of aliphatic hydroxyl groups excluding tert-OH is 1. The molecule has 5 aliphatic carbocycles. The first kappa shape index (κ1) is 20.3. The Balaban J connectivity index is 1.32. The van der Waals surface area contributed by atoms with Crippen LogP contribution in [0.25, 0.3) is 0 Å². The number of rotatable bonds is 2. The minimum atomic E-state index is -0.169. The van der Waals surface area contributed by atoms with Gasteiger partial charge in [0.05, 0.1) is 6.10 Å². The highest BCUT2D eigenvalue weighted by atomic mass is 16.3. The van der Waals surface area contributed by atoms with Crippen molar-refractivity contribution < 1.29 is 9.90 Å². The van der Waals surface area contributed by atoms with E-state index < -0.39 is 0 Å². The van der Waals surface area contributed by atoms with Crippen molar-refractivity contribution in [3.05, 3.63) is 11.6 Å². The van der Waals surface area contributed by atoms with Crippen molar-refractivity contribution in [1.82, 2.24) is 0 Å². The number of fused-ring (bicyclic) bond motifs is 5. The molecule has 0 aliphatic heterocycles. The van der Waals surface area contributed by atoms with E-state index in [4.69, 9.17) is 0 Å². The van der Waals surface area contributed by atoms with E-state index in [0.29, 0.717) is 23.5 Å². The van der Waals surface area contributed by atoms with Crippen LogP contribution in [0.3, 0.4) is 0 Å². The lowest BCUT2D eigenvalue weighted by atomic mass is 9.44. The maximum absolute atomic E-state index is 12.6. The lowest BCUT2D eigenvalue weighted by molar-refractivity contribution is -0.155. The second-order valence-electron chi connectivity index (χ2n) is 12.0. The minimum Gasteiger partial charge on any atom is -0.393 e. The van der Waals surface area contributed by atoms with Crippen LogP contribution in [-0.2, 0) is 4.79 Å². The van der Waals surface area contributed by atoms with E-state index in [9.17, 15) is 9.90 Å². The Morgan fingerprint density at radius 3 is 2.55 bits per heavy atom. The van der Waals surface area contributed by atoms with Crippen LogP contribution in [0.1, 0.15) is 104 Å². The van der Waals surface area contributed by atoms with E-state index >= 15 is 0 Å². The fraction of sp³-hybridized carbons (Fsp3) is 0.889. The van der Waals surface area contributed by atoms with Gasteiger partial charge in [0.1, 0.15) is 5.78 Å². The number of carbonyl (C=O) groups excluding carboxylic acids is 1. The summed E-state index contributed by atoms with van der Waals surface area (Å²) in [4.78, 5) is 12.6. The zero-order chi connectivity index (χ0) is 20.2. The number of Topliss-reactive ketones (excluding diaryl/α,β-unsaturated/α-hetero) is 1. The van der Waals surface area contributed by atoms with E-state index in [2.05, 4.69) is 19.9 Å². The third-order valence-electron chi connectivity index (χ3n) is 10.7. The molecule has 2 nitrogen and oxygen atoms in total. The molecular weight excluding hydrogens is 356 g/mol. The van der Waals surface area contributed by atoms with E-state index in [0.717, 1.165) is 43.9 Å². The van der Waals surface area contributed by atoms with Crippen LogP contribution >= 0.6 is 0 Å². The smallest absolute Gasteiger partial charge is 0.139 e. The summed E-state index contributed by atoms with van der Waals surface area (Å²) in [5.74, 6) is 3.70. The van der Waals surface area contributed by atoms with Gasteiger partial charge in [0, 0.05) is 11.8 Å². The van der Waals surface area contributed by atoms with Crippen LogP contribution < -0.4 is 0 Å². The molecule has 5 fully saturated rings. The molecule has 5 rings (SSSR count). The summed E-state index contributed by atoms with van der Waals surface area (Å²) in [6.45, 7) is 4.76. The Morgan fingerprint density at radius 2 is 1.76 bits per heavy atom. The monoisotopic (exact) mass is 398 g/mol. The first-order valence-corrected chi connectivity index (χ1v) is 12.8. The van der Waals surface area contributed by atoms with Crippen molar-refractivity contribution in [3.63, 3.8) is 0 Å². The number of hydrogen-bond donors (Lipinski definition) is 1. The normalized spacial score (nSPS) is 49.6. The number of aliphatic hydroxyl groups is 1. The summed E-state index contributed by atoms with van der Waals surface area (Å²) in [7, 11) is 0. The number of ketones is 1. The molecule has 0 spiro atoms. The predicted octanol–water partition coefficient (Wildman–Crippen LogP) is 6.47. The highest BCUT2D eigenvalue weighted by Crippen LogP contribution is 2.65. The van der Waals surface area contributed by atoms with Gasteiger partial charge in [0.25, 0.3) is 0 Å². The van der Waals surface area contributed by atoms with Gasteiger partial charge in [0.2, 0.25) is 0 Å². The van der Waals surface area contributed by atoms with Crippen LogP contribution in [0.2, 0.25) is 0 Å². The first-order valence-electron chi connectivity index (χ1n) is 12.8. The van der Waals surface area contributed by atoms with Crippen LogP contribution in [0, 0.1) is 40.4 Å². The average molecular weight is 399 g/mol. The summed E-state index contributed by atoms with van der Waals surface area (Å²) >= 11 is 0. The molecule has 7 atom stereocenters. The topological polar surface area (TPSA) is 37.3 Å². The summed E-state index contributed by atoms with van der Waals surface area (Å²) in [6, 6.07) is 0. The fourth-order valence-corrected chi connectivity index (χ4v) is 8.86. The van der Waals surface area contributed by atoms with E-state index in [1.807, 2.05) is 0 Å². The van der Waals surface area contributed by atoms with Crippen LogP contribution in [-0.4, -0.2) is 17.0 Å². The molecule has 0 aromatic heterocycles.